The minimum absolute atomic E-state index is 0.574. The van der Waals surface area contributed by atoms with Crippen molar-refractivity contribution in [3.8, 4) is 0 Å². The molecule has 0 radical (unpaired) electrons. The maximum Gasteiger partial charge on any atom is 0.0282 e. The van der Waals surface area contributed by atoms with Crippen molar-refractivity contribution in [2.24, 2.45) is 11.8 Å². The number of hydrogen-bond acceptors (Lipinski definition) is 1. The van der Waals surface area contributed by atoms with Gasteiger partial charge in [-0.2, -0.15) is 0 Å². The monoisotopic (exact) mass is 297 g/mol. The zero-order valence-electron chi connectivity index (χ0n) is 14.2. The molecule has 1 aliphatic heterocycles. The van der Waals surface area contributed by atoms with Gasteiger partial charge in [0.15, 0.2) is 0 Å². The highest BCUT2D eigenvalue weighted by Crippen LogP contribution is 2.46. The van der Waals surface area contributed by atoms with Gasteiger partial charge in [0.2, 0.25) is 0 Å². The molecular weight excluding hydrogens is 266 g/mol. The number of allylic oxidation sites excluding steroid dienone is 4. The van der Waals surface area contributed by atoms with Crippen molar-refractivity contribution in [1.29, 1.82) is 0 Å². The van der Waals surface area contributed by atoms with Gasteiger partial charge < -0.3 is 0 Å². The van der Waals surface area contributed by atoms with Gasteiger partial charge in [0, 0.05) is 30.0 Å². The van der Waals surface area contributed by atoms with E-state index in [0.717, 1.165) is 36.8 Å². The summed E-state index contributed by atoms with van der Waals surface area (Å²) in [6.45, 7) is 8.59. The predicted molar refractivity (Wildman–Crippen MR) is 95.8 cm³/mol. The van der Waals surface area contributed by atoms with Crippen molar-refractivity contribution in [3.63, 3.8) is 0 Å². The van der Waals surface area contributed by atoms with Gasteiger partial charge in [0.1, 0.15) is 0 Å². The molecule has 2 unspecified atom stereocenters. The third-order valence-corrected chi connectivity index (χ3v) is 6.02. The van der Waals surface area contributed by atoms with Crippen LogP contribution < -0.4 is 0 Å². The average molecular weight is 297 g/mol. The number of unbranched alkanes of at least 4 members (excludes halogenated alkanes) is 1. The molecule has 1 heteroatoms. The van der Waals surface area contributed by atoms with Gasteiger partial charge in [-0.3, -0.25) is 4.90 Å². The second kappa shape index (κ2) is 7.00. The van der Waals surface area contributed by atoms with E-state index in [0.29, 0.717) is 6.04 Å². The first-order valence-electron chi connectivity index (χ1n) is 9.12. The summed E-state index contributed by atoms with van der Waals surface area (Å²) in [7, 11) is 0. The second-order valence-electron chi connectivity index (χ2n) is 7.24. The maximum absolute atomic E-state index is 3.83. The normalized spacial score (nSPS) is 36.0. The van der Waals surface area contributed by atoms with E-state index >= 15 is 0 Å². The molecule has 0 aromatic carbocycles. The molecule has 1 nitrogen and oxygen atoms in total. The Morgan fingerprint density at radius 2 is 1.73 bits per heavy atom. The van der Waals surface area contributed by atoms with E-state index in [4.69, 9.17) is 0 Å². The van der Waals surface area contributed by atoms with Crippen molar-refractivity contribution in [1.82, 2.24) is 4.90 Å². The minimum atomic E-state index is 0.574. The summed E-state index contributed by atoms with van der Waals surface area (Å²) in [4.78, 5) is 2.88. The molecule has 0 aromatic heterocycles. The Bertz CT molecular complexity index is 456. The van der Waals surface area contributed by atoms with Crippen molar-refractivity contribution in [3.05, 3.63) is 48.6 Å². The molecule has 0 amide bonds. The summed E-state index contributed by atoms with van der Waals surface area (Å²) >= 11 is 0. The average Bonchev–Trinajstić information content (AvgIpc) is 2.89. The molecular formula is C21H31N. The van der Waals surface area contributed by atoms with Gasteiger partial charge in [-0.05, 0) is 52.4 Å². The Hall–Kier alpha value is -1.08. The fourth-order valence-corrected chi connectivity index (χ4v) is 4.80. The molecule has 22 heavy (non-hydrogen) atoms. The first-order valence-corrected chi connectivity index (χ1v) is 9.12. The fourth-order valence-electron chi connectivity index (χ4n) is 4.80. The quantitative estimate of drug-likeness (QED) is 0.493. The van der Waals surface area contributed by atoms with Gasteiger partial charge >= 0.3 is 0 Å². The predicted octanol–water partition coefficient (Wildman–Crippen LogP) is 5.27. The number of nitrogens with zero attached hydrogens (tertiary/aromatic N) is 1. The molecule has 0 aromatic rings. The van der Waals surface area contributed by atoms with Crippen LogP contribution in [-0.4, -0.2) is 23.0 Å². The Balaban J connectivity index is 1.81. The molecule has 120 valence electrons. The van der Waals surface area contributed by atoms with Crippen LogP contribution in [0.25, 0.3) is 0 Å². The molecule has 2 aliphatic carbocycles. The lowest BCUT2D eigenvalue weighted by molar-refractivity contribution is 0.132. The Morgan fingerprint density at radius 1 is 1.14 bits per heavy atom. The first-order chi connectivity index (χ1) is 10.7. The van der Waals surface area contributed by atoms with Crippen LogP contribution >= 0.6 is 0 Å². The SMILES string of the molecule is C=CCC/C=C(\C)[C@H](C)N1C2CCC=C[C@@H]2C2C=CCC[C@@H]21. The highest BCUT2D eigenvalue weighted by molar-refractivity contribution is 5.21. The van der Waals surface area contributed by atoms with Crippen molar-refractivity contribution < 1.29 is 0 Å². The second-order valence-corrected chi connectivity index (χ2v) is 7.24. The van der Waals surface area contributed by atoms with Crippen molar-refractivity contribution in [2.75, 3.05) is 0 Å². The van der Waals surface area contributed by atoms with Crippen LogP contribution in [0.5, 0.6) is 0 Å². The molecule has 0 bridgehead atoms. The summed E-state index contributed by atoms with van der Waals surface area (Å²) in [5.74, 6) is 1.50. The summed E-state index contributed by atoms with van der Waals surface area (Å²) in [5.41, 5.74) is 1.55. The van der Waals surface area contributed by atoms with E-state index in [1.165, 1.54) is 25.7 Å². The van der Waals surface area contributed by atoms with Crippen LogP contribution in [0, 0.1) is 11.8 Å². The third-order valence-electron chi connectivity index (χ3n) is 6.02. The Labute approximate surface area is 136 Å². The van der Waals surface area contributed by atoms with Crippen LogP contribution in [0.2, 0.25) is 0 Å². The third kappa shape index (κ3) is 2.88. The van der Waals surface area contributed by atoms with E-state index in [9.17, 15) is 0 Å². The van der Waals surface area contributed by atoms with Crippen LogP contribution in [0.3, 0.4) is 0 Å². The zero-order chi connectivity index (χ0) is 15.5. The highest BCUT2D eigenvalue weighted by Gasteiger charge is 2.48. The van der Waals surface area contributed by atoms with E-state index in [-0.39, 0.29) is 0 Å². The van der Waals surface area contributed by atoms with Crippen LogP contribution in [0.4, 0.5) is 0 Å². The summed E-state index contributed by atoms with van der Waals surface area (Å²) in [6, 6.07) is 2.08. The summed E-state index contributed by atoms with van der Waals surface area (Å²) in [6.07, 6.45) is 21.8. The molecule has 5 atom stereocenters. The molecule has 3 rings (SSSR count). The van der Waals surface area contributed by atoms with Gasteiger partial charge in [0.05, 0.1) is 0 Å². The molecule has 3 aliphatic rings. The number of likely N-dealkylation sites (tertiary alicyclic amines) is 1. The number of fused-ring (bicyclic) bond motifs is 3. The van der Waals surface area contributed by atoms with E-state index < -0.39 is 0 Å². The lowest BCUT2D eigenvalue weighted by Crippen LogP contribution is -2.45. The molecule has 0 spiro atoms. The molecule has 0 N–H and O–H groups in total. The zero-order valence-corrected chi connectivity index (χ0v) is 14.2. The van der Waals surface area contributed by atoms with Crippen molar-refractivity contribution >= 4 is 0 Å². The van der Waals surface area contributed by atoms with E-state index in [2.05, 4.69) is 55.7 Å². The number of hydrogen-bond donors (Lipinski definition) is 0. The topological polar surface area (TPSA) is 3.24 Å². The van der Waals surface area contributed by atoms with Crippen LogP contribution in [-0.2, 0) is 0 Å². The van der Waals surface area contributed by atoms with Crippen LogP contribution in [0.1, 0.15) is 52.4 Å². The molecule has 1 heterocycles. The van der Waals surface area contributed by atoms with Crippen molar-refractivity contribution in [2.45, 2.75) is 70.5 Å². The Kier molecular flexibility index (Phi) is 5.03. The lowest BCUT2D eigenvalue weighted by Gasteiger charge is -2.38. The van der Waals surface area contributed by atoms with Crippen LogP contribution in [0.15, 0.2) is 48.6 Å². The van der Waals surface area contributed by atoms with Gasteiger partial charge in [-0.25, -0.2) is 0 Å². The fraction of sp³-hybridized carbons (Fsp3) is 0.619. The van der Waals surface area contributed by atoms with Gasteiger partial charge in [-0.15, -0.1) is 6.58 Å². The number of rotatable bonds is 5. The summed E-state index contributed by atoms with van der Waals surface area (Å²) < 4.78 is 0. The first kappa shape index (κ1) is 15.8. The summed E-state index contributed by atoms with van der Waals surface area (Å²) in [5, 5.41) is 0. The van der Waals surface area contributed by atoms with Gasteiger partial charge in [-0.1, -0.05) is 42.0 Å². The smallest absolute Gasteiger partial charge is 0.0282 e. The van der Waals surface area contributed by atoms with Gasteiger partial charge in [0.25, 0.3) is 0 Å². The lowest BCUT2D eigenvalue weighted by atomic mass is 9.79. The molecule has 0 saturated carbocycles. The largest absolute Gasteiger partial charge is 0.290 e. The highest BCUT2D eigenvalue weighted by atomic mass is 15.3. The van der Waals surface area contributed by atoms with E-state index in [1.807, 2.05) is 6.08 Å². The molecule has 1 saturated heterocycles. The molecule has 1 fully saturated rings. The van der Waals surface area contributed by atoms with E-state index in [1.54, 1.807) is 5.57 Å². The standard InChI is InChI=1S/C21H31N/c1-4-5-6-11-16(2)17(3)22-20-14-9-7-12-18(20)19-13-8-10-15-21(19)22/h4,7-8,11-13,17-21H,1,5-6,9-10,14-15H2,2-3H3/b16-11+/t17-,18+,19?,20?,21-/m0/s1. The maximum atomic E-state index is 3.83. The Morgan fingerprint density at radius 3 is 2.27 bits per heavy atom. The minimum Gasteiger partial charge on any atom is -0.290 e.